The molecule has 114 valence electrons. The van der Waals surface area contributed by atoms with Crippen LogP contribution in [0.25, 0.3) is 5.53 Å². The normalized spacial score (nSPS) is 11.8. The molecule has 10 heteroatoms. The highest BCUT2D eigenvalue weighted by atomic mass is 19.4. The van der Waals surface area contributed by atoms with Crippen molar-refractivity contribution in [2.24, 2.45) is 0 Å². The Hall–Kier alpha value is -2.35. The Kier molecular flexibility index (Phi) is 4.43. The highest BCUT2D eigenvalue weighted by molar-refractivity contribution is 6.40. The molecule has 0 amide bonds. The molecule has 1 aromatic rings. The summed E-state index contributed by atoms with van der Waals surface area (Å²) in [6, 6.07) is 0.387. The molecule has 0 saturated carbocycles. The molecule has 0 aliphatic heterocycles. The van der Waals surface area contributed by atoms with E-state index in [9.17, 15) is 31.1 Å². The third-order valence-electron chi connectivity index (χ3n) is 2.34. The minimum atomic E-state index is -5.08. The predicted molar refractivity (Wildman–Crippen MR) is 56.2 cm³/mol. The average molecular weight is 312 g/mol. The number of carbonyl (C=O) groups excluding carboxylic acids is 1. The lowest BCUT2D eigenvalue weighted by atomic mass is 10.0. The van der Waals surface area contributed by atoms with Crippen LogP contribution in [0.3, 0.4) is 0 Å². The van der Waals surface area contributed by atoms with E-state index in [0.717, 1.165) is 7.11 Å². The van der Waals surface area contributed by atoms with Gasteiger partial charge in [-0.3, -0.25) is 0 Å². The Morgan fingerprint density at radius 1 is 1.05 bits per heavy atom. The third kappa shape index (κ3) is 3.82. The molecule has 1 aromatic carbocycles. The van der Waals surface area contributed by atoms with Gasteiger partial charge in [0.15, 0.2) is 0 Å². The van der Waals surface area contributed by atoms with E-state index >= 15 is 0 Å². The Bertz CT molecular complexity index is 582. The lowest BCUT2D eigenvalue weighted by Crippen LogP contribution is -2.20. The molecule has 0 fully saturated rings. The van der Waals surface area contributed by atoms with Gasteiger partial charge in [-0.1, -0.05) is 0 Å². The summed E-state index contributed by atoms with van der Waals surface area (Å²) in [6.45, 7) is 0. The van der Waals surface area contributed by atoms with Crippen molar-refractivity contribution in [3.8, 4) is 0 Å². The first-order chi connectivity index (χ1) is 9.50. The zero-order valence-electron chi connectivity index (χ0n) is 10.2. The van der Waals surface area contributed by atoms with Gasteiger partial charge >= 0.3 is 24.0 Å². The number of rotatable bonds is 2. The van der Waals surface area contributed by atoms with Gasteiger partial charge in [0.25, 0.3) is 0 Å². The van der Waals surface area contributed by atoms with Crippen molar-refractivity contribution >= 4 is 11.7 Å². The maximum absolute atomic E-state index is 12.6. The SMILES string of the molecule is COC(=O)C(=[N+]=[N-])c1cc(C(F)(F)F)cc(C(F)(F)F)c1. The molecule has 1 rings (SSSR count). The Labute approximate surface area is 113 Å². The van der Waals surface area contributed by atoms with Crippen LogP contribution in [0.5, 0.6) is 0 Å². The second kappa shape index (κ2) is 5.57. The van der Waals surface area contributed by atoms with E-state index in [2.05, 4.69) is 9.53 Å². The van der Waals surface area contributed by atoms with Crippen LogP contribution in [-0.2, 0) is 21.9 Å². The number of esters is 1. The van der Waals surface area contributed by atoms with Crippen molar-refractivity contribution in [1.29, 1.82) is 0 Å². The fourth-order valence-electron chi connectivity index (χ4n) is 1.40. The van der Waals surface area contributed by atoms with Crippen LogP contribution in [0.2, 0.25) is 0 Å². The molecule has 0 aliphatic rings. The van der Waals surface area contributed by atoms with E-state index in [1.807, 2.05) is 0 Å². The predicted octanol–water partition coefficient (Wildman–Crippen LogP) is 2.92. The first-order valence-electron chi connectivity index (χ1n) is 5.11. The lowest BCUT2D eigenvalue weighted by Gasteiger charge is -2.12. The molecule has 0 atom stereocenters. The Morgan fingerprint density at radius 3 is 1.76 bits per heavy atom. The summed E-state index contributed by atoms with van der Waals surface area (Å²) in [7, 11) is 0.825. The number of hydrogen-bond acceptors (Lipinski definition) is 2. The fourth-order valence-corrected chi connectivity index (χ4v) is 1.40. The molecular formula is C11H6F6N2O2. The highest BCUT2D eigenvalue weighted by Crippen LogP contribution is 2.36. The van der Waals surface area contributed by atoms with Gasteiger partial charge in [-0.25, -0.2) is 4.79 Å². The van der Waals surface area contributed by atoms with Gasteiger partial charge in [-0.2, -0.15) is 31.1 Å². The number of halogens is 6. The standard InChI is InChI=1S/C11H6F6N2O2/c1-21-9(20)8(19-18)5-2-6(10(12,13)14)4-7(3-5)11(15,16)17/h2-4H,1H3. The van der Waals surface area contributed by atoms with Crippen LogP contribution < -0.4 is 0 Å². The number of carbonyl (C=O) groups is 1. The first-order valence-corrected chi connectivity index (χ1v) is 5.11. The van der Waals surface area contributed by atoms with E-state index in [1.165, 1.54) is 0 Å². The van der Waals surface area contributed by atoms with Crippen molar-refractivity contribution in [2.45, 2.75) is 12.4 Å². The maximum atomic E-state index is 12.6. The smallest absolute Gasteiger partial charge is 0.422 e. The second-order valence-electron chi connectivity index (χ2n) is 3.73. The summed E-state index contributed by atoms with van der Waals surface area (Å²) in [5.74, 6) is -1.38. The van der Waals surface area contributed by atoms with E-state index in [-0.39, 0.29) is 18.2 Å². The molecule has 4 nitrogen and oxygen atoms in total. The van der Waals surface area contributed by atoms with Crippen molar-refractivity contribution < 1.29 is 40.7 Å². The molecule has 0 aliphatic carbocycles. The number of benzene rings is 1. The zero-order chi connectivity index (χ0) is 16.4. The fraction of sp³-hybridized carbons (Fsp3) is 0.273. The largest absolute Gasteiger partial charge is 0.460 e. The third-order valence-corrected chi connectivity index (χ3v) is 2.34. The summed E-state index contributed by atoms with van der Waals surface area (Å²) in [4.78, 5) is 13.6. The summed E-state index contributed by atoms with van der Waals surface area (Å²) in [5.41, 5.74) is 3.37. The zero-order valence-corrected chi connectivity index (χ0v) is 10.2. The van der Waals surface area contributed by atoms with Gasteiger partial charge in [0.2, 0.25) is 0 Å². The van der Waals surface area contributed by atoms with Crippen LogP contribution >= 0.6 is 0 Å². The van der Waals surface area contributed by atoms with Crippen molar-refractivity contribution in [3.63, 3.8) is 0 Å². The van der Waals surface area contributed by atoms with Crippen molar-refractivity contribution in [2.75, 3.05) is 7.11 Å². The number of methoxy groups -OCH3 is 1. The molecule has 0 radical (unpaired) electrons. The number of nitrogens with zero attached hydrogens (tertiary/aromatic N) is 2. The van der Waals surface area contributed by atoms with Gasteiger partial charge < -0.3 is 10.3 Å². The van der Waals surface area contributed by atoms with E-state index in [1.54, 1.807) is 0 Å². The molecule has 0 unspecified atom stereocenters. The molecule has 0 aromatic heterocycles. The monoisotopic (exact) mass is 312 g/mol. The summed E-state index contributed by atoms with van der Waals surface area (Å²) in [6.07, 6.45) is -10.2. The van der Waals surface area contributed by atoms with E-state index < -0.39 is 40.7 Å². The minimum absolute atomic E-state index is 0.115. The maximum Gasteiger partial charge on any atom is 0.422 e. The van der Waals surface area contributed by atoms with Crippen LogP contribution in [0.15, 0.2) is 18.2 Å². The van der Waals surface area contributed by atoms with Crippen LogP contribution in [-0.4, -0.2) is 23.6 Å². The van der Waals surface area contributed by atoms with E-state index in [0.29, 0.717) is 0 Å². The second-order valence-corrected chi connectivity index (χ2v) is 3.73. The topological polar surface area (TPSA) is 62.7 Å². The first kappa shape index (κ1) is 16.7. The van der Waals surface area contributed by atoms with Crippen LogP contribution in [0.4, 0.5) is 26.3 Å². The molecule has 0 bridgehead atoms. The highest BCUT2D eigenvalue weighted by Gasteiger charge is 2.39. The van der Waals surface area contributed by atoms with Gasteiger partial charge in [-0.15, -0.1) is 0 Å². The average Bonchev–Trinajstić information content (AvgIpc) is 2.37. The summed E-state index contributed by atoms with van der Waals surface area (Å²) in [5, 5.41) is 0. The lowest BCUT2D eigenvalue weighted by molar-refractivity contribution is -0.143. The molecule has 0 spiro atoms. The van der Waals surface area contributed by atoms with E-state index in [4.69, 9.17) is 5.53 Å². The van der Waals surface area contributed by atoms with Gasteiger partial charge in [0, 0.05) is 0 Å². The van der Waals surface area contributed by atoms with Gasteiger partial charge in [0.1, 0.15) is 0 Å². The summed E-state index contributed by atoms with van der Waals surface area (Å²) >= 11 is 0. The number of alkyl halides is 6. The number of ether oxygens (including phenoxy) is 1. The molecule has 0 N–H and O–H groups in total. The van der Waals surface area contributed by atoms with Crippen molar-refractivity contribution in [1.82, 2.24) is 0 Å². The van der Waals surface area contributed by atoms with Gasteiger partial charge in [0.05, 0.1) is 23.8 Å². The number of hydrogen-bond donors (Lipinski definition) is 0. The van der Waals surface area contributed by atoms with Crippen LogP contribution in [0, 0.1) is 0 Å². The molecular weight excluding hydrogens is 306 g/mol. The summed E-state index contributed by atoms with van der Waals surface area (Å²) < 4.78 is 79.7. The molecule has 0 saturated heterocycles. The molecule has 21 heavy (non-hydrogen) atoms. The van der Waals surface area contributed by atoms with Crippen LogP contribution in [0.1, 0.15) is 16.7 Å². The molecule has 0 heterocycles. The quantitative estimate of drug-likeness (QED) is 0.277. The van der Waals surface area contributed by atoms with Gasteiger partial charge in [-0.05, 0) is 18.2 Å². The Morgan fingerprint density at radius 2 is 1.48 bits per heavy atom. The minimum Gasteiger partial charge on any atom is -0.460 e. The van der Waals surface area contributed by atoms with Crippen molar-refractivity contribution in [3.05, 3.63) is 40.4 Å². The Balaban J connectivity index is 3.60.